The number of hydrogen-bond acceptors (Lipinski definition) is 3. The Labute approximate surface area is 155 Å². The van der Waals surface area contributed by atoms with Crippen molar-refractivity contribution in [3.63, 3.8) is 0 Å². The Balaban J connectivity index is 1.60. The van der Waals surface area contributed by atoms with E-state index in [0.717, 1.165) is 38.5 Å². The van der Waals surface area contributed by atoms with Crippen LogP contribution in [0.25, 0.3) is 0 Å². The minimum atomic E-state index is -1.05. The number of carbonyl (C=O) groups is 2. The van der Waals surface area contributed by atoms with Crippen molar-refractivity contribution in [2.45, 2.75) is 78.0 Å². The van der Waals surface area contributed by atoms with Crippen LogP contribution >= 0.6 is 0 Å². The lowest BCUT2D eigenvalue weighted by molar-refractivity contribution is -0.172. The van der Waals surface area contributed by atoms with E-state index in [-0.39, 0.29) is 29.2 Å². The Morgan fingerprint density at radius 3 is 2.69 bits per heavy atom. The molecule has 3 saturated carbocycles. The number of alkyl halides is 1. The predicted octanol–water partition coefficient (Wildman–Crippen LogP) is 4.64. The summed E-state index contributed by atoms with van der Waals surface area (Å²) in [5, 5.41) is 0. The summed E-state index contributed by atoms with van der Waals surface area (Å²) in [6, 6.07) is 0. The second-order valence-electron chi connectivity index (χ2n) is 9.65. The Morgan fingerprint density at radius 2 is 1.96 bits per heavy atom. The number of halogens is 1. The third-order valence-electron chi connectivity index (χ3n) is 8.62. The van der Waals surface area contributed by atoms with Crippen LogP contribution in [0.4, 0.5) is 4.39 Å². The molecule has 0 aromatic rings. The van der Waals surface area contributed by atoms with Gasteiger partial charge in [-0.1, -0.05) is 13.0 Å². The average molecular weight is 362 g/mol. The van der Waals surface area contributed by atoms with Crippen molar-refractivity contribution in [3.8, 4) is 0 Å². The molecule has 0 radical (unpaired) electrons. The molecular formula is C22H31FO3. The number of allylic oxidation sites excluding steroid dienone is 2. The first kappa shape index (κ1) is 18.2. The number of rotatable bonds is 1. The molecule has 0 saturated heterocycles. The van der Waals surface area contributed by atoms with Crippen molar-refractivity contribution in [1.29, 1.82) is 0 Å². The molecule has 0 bridgehead atoms. The Bertz CT molecular complexity index is 643. The van der Waals surface area contributed by atoms with Gasteiger partial charge in [-0.05, 0) is 87.0 Å². The summed E-state index contributed by atoms with van der Waals surface area (Å²) in [7, 11) is 0. The highest BCUT2D eigenvalue weighted by atomic mass is 19.1. The van der Waals surface area contributed by atoms with Crippen LogP contribution in [0.3, 0.4) is 0 Å². The summed E-state index contributed by atoms with van der Waals surface area (Å²) in [6.45, 7) is 5.69. The van der Waals surface area contributed by atoms with Crippen molar-refractivity contribution < 1.29 is 18.7 Å². The van der Waals surface area contributed by atoms with Gasteiger partial charge in [-0.2, -0.15) is 0 Å². The van der Waals surface area contributed by atoms with Gasteiger partial charge in [-0.3, -0.25) is 9.59 Å². The molecule has 0 spiro atoms. The molecule has 3 nitrogen and oxygen atoms in total. The molecule has 4 aliphatic rings. The summed E-state index contributed by atoms with van der Waals surface area (Å²) < 4.78 is 20.9. The zero-order valence-corrected chi connectivity index (χ0v) is 16.2. The smallest absolute Gasteiger partial charge is 0.302 e. The van der Waals surface area contributed by atoms with Gasteiger partial charge in [0.05, 0.1) is 5.41 Å². The predicted molar refractivity (Wildman–Crippen MR) is 97.1 cm³/mol. The van der Waals surface area contributed by atoms with Crippen LogP contribution in [-0.4, -0.2) is 24.0 Å². The maximum atomic E-state index is 15.4. The first-order valence-corrected chi connectivity index (χ1v) is 10.3. The Morgan fingerprint density at radius 1 is 1.19 bits per heavy atom. The van der Waals surface area contributed by atoms with Crippen molar-refractivity contribution in [3.05, 3.63) is 12.2 Å². The fourth-order valence-corrected chi connectivity index (χ4v) is 7.07. The van der Waals surface area contributed by atoms with Gasteiger partial charge in [0.15, 0.2) is 5.78 Å². The van der Waals surface area contributed by atoms with E-state index >= 15 is 4.39 Å². The number of hydrogen-bond donors (Lipinski definition) is 0. The van der Waals surface area contributed by atoms with Crippen molar-refractivity contribution in [2.24, 2.45) is 34.5 Å². The molecule has 0 aromatic heterocycles. The molecule has 0 unspecified atom stereocenters. The highest BCUT2D eigenvalue weighted by Crippen LogP contribution is 2.64. The quantitative estimate of drug-likeness (QED) is 0.638. The van der Waals surface area contributed by atoms with Crippen LogP contribution < -0.4 is 0 Å². The number of fused-ring (bicyclic) bond motifs is 5. The maximum absolute atomic E-state index is 15.4. The number of esters is 1. The van der Waals surface area contributed by atoms with Gasteiger partial charge in [0, 0.05) is 6.92 Å². The van der Waals surface area contributed by atoms with E-state index in [1.807, 2.05) is 13.0 Å². The number of ketones is 1. The van der Waals surface area contributed by atoms with Crippen LogP contribution in [-0.2, 0) is 14.3 Å². The van der Waals surface area contributed by atoms with Crippen LogP contribution in [0, 0.1) is 34.5 Å². The minimum Gasteiger partial charge on any atom is -0.463 e. The standard InChI is InChI=1S/C22H31FO3/c1-13(24)26-15-9-10-21(2)14(11-15)7-8-16-17-5-4-6-20(25)22(17,3)19(23)12-18(16)21/h4,6,14-19H,5,7-12H2,1-3H3/t14-,15-,16-,17-,18-,19-,21-,22+/m0/s1. The van der Waals surface area contributed by atoms with Gasteiger partial charge < -0.3 is 4.74 Å². The minimum absolute atomic E-state index is 0.00876. The molecule has 3 fully saturated rings. The first-order valence-electron chi connectivity index (χ1n) is 10.3. The fourth-order valence-electron chi connectivity index (χ4n) is 7.07. The molecule has 4 aliphatic carbocycles. The SMILES string of the molecule is CC(=O)O[C@H]1CC[C@@]2(C)[C@@H](CC[C@@H]3[C@@H]2C[C@H](F)[C@]2(C)C(=O)C=CC[C@@H]32)C1. The van der Waals surface area contributed by atoms with E-state index in [4.69, 9.17) is 4.74 Å². The van der Waals surface area contributed by atoms with Gasteiger partial charge in [0.2, 0.25) is 0 Å². The summed E-state index contributed by atoms with van der Waals surface area (Å²) >= 11 is 0. The third-order valence-corrected chi connectivity index (χ3v) is 8.62. The number of carbonyl (C=O) groups excluding carboxylic acids is 2. The van der Waals surface area contributed by atoms with Crippen molar-refractivity contribution in [2.75, 3.05) is 0 Å². The van der Waals surface area contributed by atoms with Crippen molar-refractivity contribution in [1.82, 2.24) is 0 Å². The van der Waals surface area contributed by atoms with Crippen LogP contribution in [0.15, 0.2) is 12.2 Å². The summed E-state index contributed by atoms with van der Waals surface area (Å²) in [4.78, 5) is 23.9. The third kappa shape index (κ3) is 2.51. The van der Waals surface area contributed by atoms with Gasteiger partial charge in [-0.15, -0.1) is 0 Å². The van der Waals surface area contributed by atoms with E-state index < -0.39 is 11.6 Å². The Hall–Kier alpha value is -1.19. The molecule has 8 atom stereocenters. The average Bonchev–Trinajstić information content (AvgIpc) is 2.58. The zero-order valence-electron chi connectivity index (χ0n) is 16.2. The molecule has 4 rings (SSSR count). The molecule has 0 aromatic carbocycles. The monoisotopic (exact) mass is 362 g/mol. The second kappa shape index (κ2) is 6.17. The van der Waals surface area contributed by atoms with Gasteiger partial charge >= 0.3 is 5.97 Å². The van der Waals surface area contributed by atoms with Crippen LogP contribution in [0.1, 0.15) is 65.7 Å². The summed E-state index contributed by atoms with van der Waals surface area (Å²) in [5.41, 5.74) is -0.719. The van der Waals surface area contributed by atoms with Gasteiger partial charge in [0.1, 0.15) is 12.3 Å². The molecule has 0 N–H and O–H groups in total. The summed E-state index contributed by atoms with van der Waals surface area (Å²) in [5.74, 6) is 1.20. The highest BCUT2D eigenvalue weighted by Gasteiger charge is 2.62. The molecule has 0 heterocycles. The molecule has 26 heavy (non-hydrogen) atoms. The maximum Gasteiger partial charge on any atom is 0.302 e. The normalized spacial score (nSPS) is 50.4. The summed E-state index contributed by atoms with van der Waals surface area (Å²) in [6.07, 6.45) is 8.88. The van der Waals surface area contributed by atoms with Crippen molar-refractivity contribution >= 4 is 11.8 Å². The molecule has 0 amide bonds. The lowest BCUT2D eigenvalue weighted by Crippen LogP contribution is -2.60. The molecule has 0 aliphatic heterocycles. The molecule has 4 heteroatoms. The van der Waals surface area contributed by atoms with Crippen LogP contribution in [0.2, 0.25) is 0 Å². The van der Waals surface area contributed by atoms with Crippen LogP contribution in [0.5, 0.6) is 0 Å². The topological polar surface area (TPSA) is 43.4 Å². The van der Waals surface area contributed by atoms with E-state index in [2.05, 4.69) is 6.92 Å². The second-order valence-corrected chi connectivity index (χ2v) is 9.65. The number of ether oxygens (including phenoxy) is 1. The molecular weight excluding hydrogens is 331 g/mol. The fraction of sp³-hybridized carbons (Fsp3) is 0.818. The van der Waals surface area contributed by atoms with E-state index in [1.54, 1.807) is 6.08 Å². The highest BCUT2D eigenvalue weighted by molar-refractivity contribution is 5.96. The Kier molecular flexibility index (Phi) is 4.32. The zero-order chi connectivity index (χ0) is 18.7. The lowest BCUT2D eigenvalue weighted by atomic mass is 9.43. The largest absolute Gasteiger partial charge is 0.463 e. The van der Waals surface area contributed by atoms with E-state index in [1.165, 1.54) is 6.92 Å². The van der Waals surface area contributed by atoms with E-state index in [0.29, 0.717) is 24.2 Å². The lowest BCUT2D eigenvalue weighted by Gasteiger charge is -2.62. The van der Waals surface area contributed by atoms with Gasteiger partial charge in [0.25, 0.3) is 0 Å². The van der Waals surface area contributed by atoms with Gasteiger partial charge in [-0.25, -0.2) is 4.39 Å². The first-order chi connectivity index (χ1) is 12.3. The van der Waals surface area contributed by atoms with E-state index in [9.17, 15) is 9.59 Å². The molecule has 144 valence electrons.